The third-order valence-corrected chi connectivity index (χ3v) is 1.58. The zero-order chi connectivity index (χ0) is 10.2. The predicted molar refractivity (Wildman–Crippen MR) is 41.3 cm³/mol. The van der Waals surface area contributed by atoms with Crippen LogP contribution in [0.2, 0.25) is 0 Å². The van der Waals surface area contributed by atoms with E-state index in [0.717, 1.165) is 17.7 Å². The second-order valence-corrected chi connectivity index (χ2v) is 2.79. The lowest BCUT2D eigenvalue weighted by atomic mass is 10.2. The fourth-order valence-corrected chi connectivity index (χ4v) is 0.999. The highest BCUT2D eigenvalue weighted by atomic mass is 19.3. The highest BCUT2D eigenvalue weighted by Crippen LogP contribution is 2.26. The second-order valence-electron chi connectivity index (χ2n) is 2.79. The van der Waals surface area contributed by atoms with Crippen molar-refractivity contribution in [2.45, 2.75) is 12.8 Å². The first-order valence-electron chi connectivity index (χ1n) is 3.54. The molecular weight excluding hydrogens is 180 g/mol. The lowest BCUT2D eigenvalue weighted by molar-refractivity contribution is 0.00883. The van der Waals surface area contributed by atoms with E-state index in [4.69, 9.17) is 5.73 Å². The Morgan fingerprint density at radius 3 is 2.46 bits per heavy atom. The van der Waals surface area contributed by atoms with Crippen LogP contribution >= 0.6 is 0 Å². The van der Waals surface area contributed by atoms with E-state index in [1.165, 1.54) is 7.05 Å². The summed E-state index contributed by atoms with van der Waals surface area (Å²) in [4.78, 5) is 10.6. The zero-order valence-corrected chi connectivity index (χ0v) is 7.21. The van der Waals surface area contributed by atoms with Gasteiger partial charge in [-0.25, -0.2) is 0 Å². The third-order valence-electron chi connectivity index (χ3n) is 1.58. The van der Waals surface area contributed by atoms with Gasteiger partial charge in [-0.15, -0.1) is 0 Å². The van der Waals surface area contributed by atoms with Crippen molar-refractivity contribution in [3.8, 4) is 0 Å². The molecular formula is C7H9F2N3O. The fraction of sp³-hybridized carbons (Fsp3) is 0.429. The number of carbonyl (C=O) groups is 1. The second kappa shape index (κ2) is 2.79. The summed E-state index contributed by atoms with van der Waals surface area (Å²) in [5.74, 6) is -3.83. The Kier molecular flexibility index (Phi) is 2.07. The molecule has 0 unspecified atom stereocenters. The maximum absolute atomic E-state index is 12.8. The van der Waals surface area contributed by atoms with Crippen LogP contribution in [0, 0.1) is 0 Å². The molecule has 1 heterocycles. The van der Waals surface area contributed by atoms with Crippen molar-refractivity contribution in [3.05, 3.63) is 17.5 Å². The summed E-state index contributed by atoms with van der Waals surface area (Å²) in [5, 5.41) is 3.54. The molecule has 0 fully saturated rings. The number of carbonyl (C=O) groups excluding carboxylic acids is 1. The number of rotatable bonds is 2. The van der Waals surface area contributed by atoms with Crippen LogP contribution in [0.3, 0.4) is 0 Å². The van der Waals surface area contributed by atoms with E-state index in [-0.39, 0.29) is 11.4 Å². The van der Waals surface area contributed by atoms with Crippen LogP contribution < -0.4 is 5.73 Å². The van der Waals surface area contributed by atoms with E-state index in [0.29, 0.717) is 0 Å². The van der Waals surface area contributed by atoms with Gasteiger partial charge in [0, 0.05) is 14.0 Å². The van der Waals surface area contributed by atoms with Crippen LogP contribution in [-0.2, 0) is 13.0 Å². The number of aryl methyl sites for hydroxylation is 1. The largest absolute Gasteiger partial charge is 0.364 e. The van der Waals surface area contributed by atoms with E-state index in [1.807, 2.05) is 0 Å². The summed E-state index contributed by atoms with van der Waals surface area (Å²) < 4.78 is 26.5. The minimum atomic E-state index is -3.02. The Bertz CT molecular complexity index is 340. The normalized spacial score (nSPS) is 11.7. The molecule has 0 saturated heterocycles. The number of hydrogen-bond acceptors (Lipinski definition) is 2. The van der Waals surface area contributed by atoms with Gasteiger partial charge in [-0.1, -0.05) is 0 Å². The van der Waals surface area contributed by atoms with Crippen LogP contribution in [-0.4, -0.2) is 15.7 Å². The zero-order valence-electron chi connectivity index (χ0n) is 7.21. The Balaban J connectivity index is 3.18. The molecule has 0 aromatic carbocycles. The highest BCUT2D eigenvalue weighted by Gasteiger charge is 2.29. The van der Waals surface area contributed by atoms with Gasteiger partial charge in [-0.05, 0) is 6.07 Å². The van der Waals surface area contributed by atoms with Crippen molar-refractivity contribution in [1.29, 1.82) is 0 Å². The molecule has 0 aliphatic rings. The fourth-order valence-electron chi connectivity index (χ4n) is 0.999. The Labute approximate surface area is 73.3 Å². The number of alkyl halides is 2. The first kappa shape index (κ1) is 9.63. The lowest BCUT2D eigenvalue weighted by Gasteiger charge is -2.08. The molecule has 1 aromatic heterocycles. The van der Waals surface area contributed by atoms with E-state index < -0.39 is 11.8 Å². The topological polar surface area (TPSA) is 60.9 Å². The Morgan fingerprint density at radius 1 is 1.69 bits per heavy atom. The molecule has 13 heavy (non-hydrogen) atoms. The van der Waals surface area contributed by atoms with E-state index in [9.17, 15) is 13.6 Å². The van der Waals surface area contributed by atoms with Gasteiger partial charge < -0.3 is 5.73 Å². The van der Waals surface area contributed by atoms with E-state index in [1.54, 1.807) is 0 Å². The van der Waals surface area contributed by atoms with Crippen molar-refractivity contribution in [3.63, 3.8) is 0 Å². The average Bonchev–Trinajstić information content (AvgIpc) is 2.29. The first-order chi connectivity index (χ1) is 5.82. The van der Waals surface area contributed by atoms with Gasteiger partial charge in [0.25, 0.3) is 11.8 Å². The number of halogens is 2. The quantitative estimate of drug-likeness (QED) is 0.741. The Morgan fingerprint density at radius 2 is 2.23 bits per heavy atom. The number of aromatic nitrogens is 2. The molecule has 6 heteroatoms. The van der Waals surface area contributed by atoms with Crippen molar-refractivity contribution in [2.75, 3.05) is 0 Å². The molecule has 0 aliphatic heterocycles. The van der Waals surface area contributed by atoms with Gasteiger partial charge in [0.05, 0.1) is 0 Å². The smallest absolute Gasteiger partial charge is 0.286 e. The van der Waals surface area contributed by atoms with Crippen LogP contribution in [0.15, 0.2) is 6.07 Å². The summed E-state index contributed by atoms with van der Waals surface area (Å²) in [5.41, 5.74) is 4.39. The van der Waals surface area contributed by atoms with Gasteiger partial charge in [0.1, 0.15) is 11.4 Å². The summed E-state index contributed by atoms with van der Waals surface area (Å²) in [6, 6.07) is 0.988. The molecule has 0 aliphatic carbocycles. The lowest BCUT2D eigenvalue weighted by Crippen LogP contribution is -2.13. The van der Waals surface area contributed by atoms with Gasteiger partial charge >= 0.3 is 0 Å². The minimum absolute atomic E-state index is 0.154. The average molecular weight is 189 g/mol. The molecule has 0 bridgehead atoms. The van der Waals surface area contributed by atoms with Crippen molar-refractivity contribution < 1.29 is 13.6 Å². The SMILES string of the molecule is Cn1nc(C(N)=O)cc1C(C)(F)F. The van der Waals surface area contributed by atoms with Crippen molar-refractivity contribution >= 4 is 5.91 Å². The minimum Gasteiger partial charge on any atom is -0.364 e. The monoisotopic (exact) mass is 189 g/mol. The van der Waals surface area contributed by atoms with Gasteiger partial charge in [-0.2, -0.15) is 13.9 Å². The molecule has 0 saturated carbocycles. The van der Waals surface area contributed by atoms with Crippen molar-refractivity contribution in [1.82, 2.24) is 9.78 Å². The number of nitrogens with zero attached hydrogens (tertiary/aromatic N) is 2. The van der Waals surface area contributed by atoms with Gasteiger partial charge in [0.2, 0.25) is 0 Å². The van der Waals surface area contributed by atoms with Gasteiger partial charge in [-0.3, -0.25) is 9.48 Å². The number of primary amides is 1. The highest BCUT2D eigenvalue weighted by molar-refractivity contribution is 5.90. The van der Waals surface area contributed by atoms with Crippen LogP contribution in [0.5, 0.6) is 0 Å². The number of nitrogens with two attached hydrogens (primary N) is 1. The summed E-state index contributed by atoms with van der Waals surface area (Å²) in [6.45, 7) is 0.731. The summed E-state index contributed by atoms with van der Waals surface area (Å²) in [6.07, 6.45) is 0. The molecule has 2 N–H and O–H groups in total. The first-order valence-corrected chi connectivity index (χ1v) is 3.54. The number of hydrogen-bond donors (Lipinski definition) is 1. The standard InChI is InChI=1S/C7H9F2N3O/c1-7(8,9)5-3-4(6(10)13)11-12(5)2/h3H,1-2H3,(H2,10,13). The van der Waals surface area contributed by atoms with Crippen LogP contribution in [0.25, 0.3) is 0 Å². The third kappa shape index (κ3) is 1.82. The molecule has 0 atom stereocenters. The molecule has 0 spiro atoms. The van der Waals surface area contributed by atoms with Crippen LogP contribution in [0.4, 0.5) is 8.78 Å². The van der Waals surface area contributed by atoms with Crippen LogP contribution in [0.1, 0.15) is 23.1 Å². The summed E-state index contributed by atoms with van der Waals surface area (Å²) >= 11 is 0. The molecule has 1 amide bonds. The van der Waals surface area contributed by atoms with E-state index in [2.05, 4.69) is 5.10 Å². The van der Waals surface area contributed by atoms with Crippen molar-refractivity contribution in [2.24, 2.45) is 12.8 Å². The van der Waals surface area contributed by atoms with E-state index >= 15 is 0 Å². The Hall–Kier alpha value is -1.46. The molecule has 1 rings (SSSR count). The number of amides is 1. The van der Waals surface area contributed by atoms with Gasteiger partial charge in [0.15, 0.2) is 0 Å². The molecule has 4 nitrogen and oxygen atoms in total. The maximum atomic E-state index is 12.8. The summed E-state index contributed by atoms with van der Waals surface area (Å²) in [7, 11) is 1.33. The molecule has 72 valence electrons. The predicted octanol–water partition coefficient (Wildman–Crippen LogP) is 0.631. The molecule has 1 aromatic rings. The maximum Gasteiger partial charge on any atom is 0.286 e. The molecule has 0 radical (unpaired) electrons.